The van der Waals surface area contributed by atoms with Gasteiger partial charge in [-0.3, -0.25) is 4.79 Å². The third kappa shape index (κ3) is 4.43. The number of allylic oxidation sites excluding steroid dienone is 2. The molecule has 8 nitrogen and oxygen atoms in total. The second-order valence-electron chi connectivity index (χ2n) is 7.42. The zero-order valence-electron chi connectivity index (χ0n) is 18.2. The lowest BCUT2D eigenvalue weighted by Crippen LogP contribution is -2.55. The molecule has 3 aromatic heterocycles. The molecule has 0 spiro atoms. The summed E-state index contributed by atoms with van der Waals surface area (Å²) < 4.78 is 4.63. The Kier molecular flexibility index (Phi) is 7.09. The summed E-state index contributed by atoms with van der Waals surface area (Å²) in [6.07, 6.45) is 3.62. The van der Waals surface area contributed by atoms with Crippen LogP contribution < -0.4 is 17.1 Å². The molecular weight excluding hydrogens is 428 g/mol. The SMILES string of the molecule is C=CCn1c(=O)n(CC=C)c(=O)n(CC(=O)c2cc(C)n(CCc3cccs3)c2C)c1=O. The van der Waals surface area contributed by atoms with E-state index in [9.17, 15) is 19.2 Å². The predicted molar refractivity (Wildman–Crippen MR) is 126 cm³/mol. The molecule has 0 saturated carbocycles. The summed E-state index contributed by atoms with van der Waals surface area (Å²) in [5, 5.41) is 2.03. The average Bonchev–Trinajstić information content (AvgIpc) is 3.38. The molecule has 3 aromatic rings. The summed E-state index contributed by atoms with van der Waals surface area (Å²) in [6, 6.07) is 5.86. The standard InChI is InChI=1S/C23H26N4O4S/c1-5-10-25-21(29)26(11-6-2)23(31)27(22(25)30)15-20(28)19-14-16(3)24(17(19)4)12-9-18-8-7-13-32-18/h5-8,13-14H,1-2,9-12,15H2,3-4H3. The Balaban J connectivity index is 1.97. The first-order chi connectivity index (χ1) is 15.3. The number of hydrogen-bond acceptors (Lipinski definition) is 5. The maximum atomic E-state index is 13.1. The van der Waals surface area contributed by atoms with Gasteiger partial charge < -0.3 is 4.57 Å². The van der Waals surface area contributed by atoms with Crippen LogP contribution in [0.4, 0.5) is 0 Å². The summed E-state index contributed by atoms with van der Waals surface area (Å²) >= 11 is 1.69. The molecule has 0 bridgehead atoms. The topological polar surface area (TPSA) is 88.0 Å². The fourth-order valence-electron chi connectivity index (χ4n) is 3.72. The Morgan fingerprint density at radius 1 is 0.969 bits per heavy atom. The van der Waals surface area contributed by atoms with E-state index < -0.39 is 23.6 Å². The van der Waals surface area contributed by atoms with Crippen LogP contribution >= 0.6 is 11.3 Å². The molecule has 0 fully saturated rings. The van der Waals surface area contributed by atoms with Gasteiger partial charge in [-0.1, -0.05) is 18.2 Å². The minimum atomic E-state index is -0.833. The van der Waals surface area contributed by atoms with Crippen molar-refractivity contribution in [3.8, 4) is 0 Å². The van der Waals surface area contributed by atoms with Crippen LogP contribution in [0.3, 0.4) is 0 Å². The number of carbonyl (C=O) groups is 1. The Bertz CT molecular complexity index is 1290. The lowest BCUT2D eigenvalue weighted by molar-refractivity contribution is 0.0966. The quantitative estimate of drug-likeness (QED) is 0.347. The van der Waals surface area contributed by atoms with E-state index in [0.717, 1.165) is 38.1 Å². The van der Waals surface area contributed by atoms with Crippen LogP contribution in [0.1, 0.15) is 26.6 Å². The Labute approximate surface area is 189 Å². The molecule has 0 aromatic carbocycles. The molecule has 0 aliphatic rings. The molecule has 0 amide bonds. The summed E-state index contributed by atoms with van der Waals surface area (Å²) in [5.74, 6) is -0.367. The van der Waals surface area contributed by atoms with Crippen LogP contribution in [0.15, 0.2) is 63.3 Å². The van der Waals surface area contributed by atoms with Crippen LogP contribution in [0, 0.1) is 13.8 Å². The molecule has 3 heterocycles. The van der Waals surface area contributed by atoms with Crippen LogP contribution in [0.2, 0.25) is 0 Å². The second kappa shape index (κ2) is 9.78. The van der Waals surface area contributed by atoms with E-state index in [2.05, 4.69) is 23.8 Å². The Morgan fingerprint density at radius 2 is 1.56 bits per heavy atom. The van der Waals surface area contributed by atoms with E-state index in [1.165, 1.54) is 17.0 Å². The fourth-order valence-corrected chi connectivity index (χ4v) is 4.42. The van der Waals surface area contributed by atoms with Gasteiger partial charge in [0, 0.05) is 28.4 Å². The molecule has 0 saturated heterocycles. The van der Waals surface area contributed by atoms with Crippen LogP contribution in [0.5, 0.6) is 0 Å². The lowest BCUT2D eigenvalue weighted by Gasteiger charge is -2.12. The zero-order valence-corrected chi connectivity index (χ0v) is 19.1. The fraction of sp³-hybridized carbons (Fsp3) is 0.304. The largest absolute Gasteiger partial charge is 0.348 e. The van der Waals surface area contributed by atoms with Crippen molar-refractivity contribution in [1.82, 2.24) is 18.3 Å². The van der Waals surface area contributed by atoms with Gasteiger partial charge in [0.1, 0.15) is 0 Å². The monoisotopic (exact) mass is 454 g/mol. The number of aryl methyl sites for hydroxylation is 2. The van der Waals surface area contributed by atoms with E-state index >= 15 is 0 Å². The number of hydrogen-bond donors (Lipinski definition) is 0. The normalized spacial score (nSPS) is 10.9. The molecule has 3 rings (SSSR count). The van der Waals surface area contributed by atoms with Crippen molar-refractivity contribution in [2.24, 2.45) is 0 Å². The highest BCUT2D eigenvalue weighted by Gasteiger charge is 2.20. The molecule has 168 valence electrons. The van der Waals surface area contributed by atoms with Crippen molar-refractivity contribution >= 4 is 17.1 Å². The summed E-state index contributed by atoms with van der Waals surface area (Å²) in [7, 11) is 0. The third-order valence-corrected chi connectivity index (χ3v) is 6.28. The van der Waals surface area contributed by atoms with Crippen LogP contribution in [-0.2, 0) is 32.6 Å². The lowest BCUT2D eigenvalue weighted by atomic mass is 10.1. The van der Waals surface area contributed by atoms with Gasteiger partial charge in [-0.25, -0.2) is 28.1 Å². The van der Waals surface area contributed by atoms with Gasteiger partial charge in [0.15, 0.2) is 5.78 Å². The molecule has 9 heteroatoms. The maximum absolute atomic E-state index is 13.1. The van der Waals surface area contributed by atoms with Gasteiger partial charge in [0.05, 0.1) is 19.6 Å². The van der Waals surface area contributed by atoms with Gasteiger partial charge in [0.2, 0.25) is 0 Å². The molecule has 0 unspecified atom stereocenters. The van der Waals surface area contributed by atoms with Gasteiger partial charge in [-0.05, 0) is 37.8 Å². The number of carbonyl (C=O) groups excluding carboxylic acids is 1. The Hall–Kier alpha value is -3.46. The van der Waals surface area contributed by atoms with Crippen molar-refractivity contribution in [2.45, 2.75) is 46.4 Å². The summed E-state index contributed by atoms with van der Waals surface area (Å²) in [6.45, 7) is 11.0. The minimum absolute atomic E-state index is 0.0689. The minimum Gasteiger partial charge on any atom is -0.348 e. The third-order valence-electron chi connectivity index (χ3n) is 5.35. The highest BCUT2D eigenvalue weighted by molar-refractivity contribution is 7.09. The molecular formula is C23H26N4O4S. The molecule has 32 heavy (non-hydrogen) atoms. The molecule has 0 aliphatic carbocycles. The maximum Gasteiger partial charge on any atom is 0.337 e. The first-order valence-electron chi connectivity index (χ1n) is 10.2. The summed E-state index contributed by atoms with van der Waals surface area (Å²) in [5.41, 5.74) is -0.259. The number of ketones is 1. The number of nitrogens with zero attached hydrogens (tertiary/aromatic N) is 4. The number of Topliss-reactive ketones (excluding diaryl/α,β-unsaturated/α-hetero) is 1. The highest BCUT2D eigenvalue weighted by atomic mass is 32.1. The van der Waals surface area contributed by atoms with Crippen LogP contribution in [-0.4, -0.2) is 24.1 Å². The smallest absolute Gasteiger partial charge is 0.337 e. The summed E-state index contributed by atoms with van der Waals surface area (Å²) in [4.78, 5) is 52.5. The first-order valence-corrected chi connectivity index (χ1v) is 11.1. The molecule has 0 aliphatic heterocycles. The van der Waals surface area contributed by atoms with Crippen molar-refractivity contribution in [2.75, 3.05) is 0 Å². The molecule has 0 N–H and O–H groups in total. The van der Waals surface area contributed by atoms with E-state index in [0.29, 0.717) is 5.56 Å². The van der Waals surface area contributed by atoms with Crippen LogP contribution in [0.25, 0.3) is 0 Å². The van der Waals surface area contributed by atoms with Gasteiger partial charge in [-0.2, -0.15) is 0 Å². The number of aromatic nitrogens is 4. The van der Waals surface area contributed by atoms with Crippen molar-refractivity contribution < 1.29 is 4.79 Å². The van der Waals surface area contributed by atoms with E-state index in [-0.39, 0.29) is 18.9 Å². The second-order valence-corrected chi connectivity index (χ2v) is 8.45. The van der Waals surface area contributed by atoms with Crippen molar-refractivity contribution in [1.29, 1.82) is 0 Å². The predicted octanol–water partition coefficient (Wildman–Crippen LogP) is 2.15. The van der Waals surface area contributed by atoms with Crippen molar-refractivity contribution in [3.05, 3.63) is 102 Å². The number of rotatable bonds is 10. The van der Waals surface area contributed by atoms with Gasteiger partial charge >= 0.3 is 17.1 Å². The van der Waals surface area contributed by atoms with E-state index in [4.69, 9.17) is 0 Å². The highest BCUT2D eigenvalue weighted by Crippen LogP contribution is 2.18. The molecule has 0 radical (unpaired) electrons. The zero-order chi connectivity index (χ0) is 23.4. The van der Waals surface area contributed by atoms with Crippen molar-refractivity contribution in [3.63, 3.8) is 0 Å². The van der Waals surface area contributed by atoms with E-state index in [1.807, 2.05) is 25.3 Å². The first kappa shape index (κ1) is 23.2. The van der Waals surface area contributed by atoms with Gasteiger partial charge in [0.25, 0.3) is 0 Å². The number of thiophene rings is 1. The molecule has 0 atom stereocenters. The average molecular weight is 455 g/mol. The van der Waals surface area contributed by atoms with E-state index in [1.54, 1.807) is 17.4 Å². The van der Waals surface area contributed by atoms with Gasteiger partial charge in [-0.15, -0.1) is 24.5 Å². The Morgan fingerprint density at radius 3 is 2.09 bits per heavy atom.